The van der Waals surface area contributed by atoms with E-state index in [0.29, 0.717) is 16.1 Å². The molecule has 2 unspecified atom stereocenters. The number of hydrogen-bond donors (Lipinski definition) is 0. The predicted octanol–water partition coefficient (Wildman–Crippen LogP) is 4.12. The highest BCUT2D eigenvalue weighted by atomic mass is 35.5. The Morgan fingerprint density at radius 1 is 1.00 bits per heavy atom. The first-order chi connectivity index (χ1) is 13.6. The van der Waals surface area contributed by atoms with Gasteiger partial charge in [-0.3, -0.25) is 4.90 Å². The van der Waals surface area contributed by atoms with Crippen molar-refractivity contribution in [2.75, 3.05) is 38.2 Å². The summed E-state index contributed by atoms with van der Waals surface area (Å²) in [6.45, 7) is 3.48. The van der Waals surface area contributed by atoms with E-state index in [-0.39, 0.29) is 6.10 Å². The zero-order chi connectivity index (χ0) is 19.3. The third kappa shape index (κ3) is 3.03. The van der Waals surface area contributed by atoms with Crippen LogP contribution in [0.3, 0.4) is 0 Å². The largest absolute Gasteiger partial charge is 0.373 e. The highest BCUT2D eigenvalue weighted by Crippen LogP contribution is 2.35. The first kappa shape index (κ1) is 18.1. The second-order valence-electron chi connectivity index (χ2n) is 7.41. The summed E-state index contributed by atoms with van der Waals surface area (Å²) >= 11 is 12.3. The minimum atomic E-state index is 0.217. The van der Waals surface area contributed by atoms with E-state index in [2.05, 4.69) is 39.2 Å². The predicted molar refractivity (Wildman–Crippen MR) is 113 cm³/mol. The Labute approximate surface area is 173 Å². The third-order valence-corrected chi connectivity index (χ3v) is 6.48. The van der Waals surface area contributed by atoms with Crippen LogP contribution in [0.5, 0.6) is 0 Å². The van der Waals surface area contributed by atoms with Crippen molar-refractivity contribution < 1.29 is 4.74 Å². The standard InChI is InChI=1S/C21H20Cl2N4O/c1-26-8-9-28-19-12-27(11-18(19)26)21-15-5-3-2-4-14(15)20(24-25-21)13-6-7-16(22)17(23)10-13/h2-7,10,18-19H,8-9,11-12H2,1H3. The normalized spacial score (nSPS) is 22.6. The lowest BCUT2D eigenvalue weighted by atomic mass is 10.0. The van der Waals surface area contributed by atoms with Crippen LogP contribution in [0.1, 0.15) is 0 Å². The van der Waals surface area contributed by atoms with Crippen LogP contribution in [-0.2, 0) is 4.74 Å². The van der Waals surface area contributed by atoms with Crippen LogP contribution in [0.25, 0.3) is 22.0 Å². The zero-order valence-corrected chi connectivity index (χ0v) is 17.0. The van der Waals surface area contributed by atoms with Gasteiger partial charge >= 0.3 is 0 Å². The summed E-state index contributed by atoms with van der Waals surface area (Å²) in [5.41, 5.74) is 1.71. The molecule has 2 aliphatic heterocycles. The van der Waals surface area contributed by atoms with Crippen molar-refractivity contribution in [2.24, 2.45) is 0 Å². The number of likely N-dealkylation sites (N-methyl/N-ethyl adjacent to an activating group) is 1. The van der Waals surface area contributed by atoms with Crippen LogP contribution in [0, 0.1) is 0 Å². The number of fused-ring (bicyclic) bond motifs is 2. The van der Waals surface area contributed by atoms with Gasteiger partial charge in [0, 0.05) is 36.0 Å². The van der Waals surface area contributed by atoms with Gasteiger partial charge in [0.05, 0.1) is 28.8 Å². The Kier molecular flexibility index (Phi) is 4.63. The second kappa shape index (κ2) is 7.16. The van der Waals surface area contributed by atoms with Crippen molar-refractivity contribution in [1.82, 2.24) is 15.1 Å². The lowest BCUT2D eigenvalue weighted by molar-refractivity contribution is -0.0362. The lowest BCUT2D eigenvalue weighted by Gasteiger charge is -2.33. The molecule has 1 aromatic heterocycles. The highest BCUT2D eigenvalue weighted by molar-refractivity contribution is 6.42. The first-order valence-electron chi connectivity index (χ1n) is 9.39. The molecule has 28 heavy (non-hydrogen) atoms. The molecule has 0 N–H and O–H groups in total. The Balaban J connectivity index is 1.58. The van der Waals surface area contributed by atoms with Crippen LogP contribution in [0.4, 0.5) is 5.82 Å². The molecule has 2 aromatic carbocycles. The van der Waals surface area contributed by atoms with Gasteiger partial charge in [-0.15, -0.1) is 10.2 Å². The van der Waals surface area contributed by atoms with E-state index in [1.165, 1.54) is 0 Å². The van der Waals surface area contributed by atoms with Crippen LogP contribution in [0.15, 0.2) is 42.5 Å². The van der Waals surface area contributed by atoms with E-state index < -0.39 is 0 Å². The molecule has 0 bridgehead atoms. The van der Waals surface area contributed by atoms with E-state index in [4.69, 9.17) is 27.9 Å². The van der Waals surface area contributed by atoms with Crippen molar-refractivity contribution >= 4 is 39.8 Å². The first-order valence-corrected chi connectivity index (χ1v) is 10.1. The molecule has 2 fully saturated rings. The SMILES string of the molecule is CN1CCOC2CN(c3nnc(-c4ccc(Cl)c(Cl)c4)c4ccccc34)CC21. The van der Waals surface area contributed by atoms with E-state index in [1.807, 2.05) is 24.3 Å². The number of rotatable bonds is 2. The Morgan fingerprint density at radius 3 is 2.61 bits per heavy atom. The smallest absolute Gasteiger partial charge is 0.159 e. The van der Waals surface area contributed by atoms with Crippen LogP contribution < -0.4 is 4.90 Å². The maximum absolute atomic E-state index is 6.23. The molecule has 2 aliphatic rings. The van der Waals surface area contributed by atoms with Crippen molar-refractivity contribution in [2.45, 2.75) is 12.1 Å². The summed E-state index contributed by atoms with van der Waals surface area (Å²) < 4.78 is 5.99. The van der Waals surface area contributed by atoms with Gasteiger partial charge in [0.15, 0.2) is 5.82 Å². The van der Waals surface area contributed by atoms with Crippen molar-refractivity contribution in [3.63, 3.8) is 0 Å². The molecule has 0 amide bonds. The molecule has 2 saturated heterocycles. The third-order valence-electron chi connectivity index (χ3n) is 5.74. The number of aromatic nitrogens is 2. The molecule has 3 aromatic rings. The average Bonchev–Trinajstić information content (AvgIpc) is 3.15. The summed E-state index contributed by atoms with van der Waals surface area (Å²) in [5, 5.41) is 12.4. The molecule has 0 spiro atoms. The van der Waals surface area contributed by atoms with E-state index in [0.717, 1.165) is 54.1 Å². The molecular formula is C21H20Cl2N4O. The Bertz CT molecular complexity index is 1040. The van der Waals surface area contributed by atoms with E-state index >= 15 is 0 Å². The van der Waals surface area contributed by atoms with Crippen LogP contribution in [0.2, 0.25) is 10.0 Å². The molecule has 0 radical (unpaired) electrons. The molecule has 0 saturated carbocycles. The Morgan fingerprint density at radius 2 is 1.82 bits per heavy atom. The summed E-state index contributed by atoms with van der Waals surface area (Å²) in [4.78, 5) is 4.68. The van der Waals surface area contributed by atoms with Gasteiger partial charge in [-0.1, -0.05) is 53.5 Å². The lowest BCUT2D eigenvalue weighted by Crippen LogP contribution is -2.48. The summed E-state index contributed by atoms with van der Waals surface area (Å²) in [5.74, 6) is 0.908. The highest BCUT2D eigenvalue weighted by Gasteiger charge is 2.39. The average molecular weight is 415 g/mol. The van der Waals surface area contributed by atoms with Crippen molar-refractivity contribution in [3.05, 3.63) is 52.5 Å². The number of benzene rings is 2. The molecular weight excluding hydrogens is 395 g/mol. The minimum Gasteiger partial charge on any atom is -0.373 e. The fourth-order valence-electron chi connectivity index (χ4n) is 4.21. The maximum Gasteiger partial charge on any atom is 0.159 e. The minimum absolute atomic E-state index is 0.217. The molecule has 7 heteroatoms. The number of morpholine rings is 1. The van der Waals surface area contributed by atoms with Gasteiger partial charge in [-0.05, 0) is 19.2 Å². The van der Waals surface area contributed by atoms with Crippen LogP contribution >= 0.6 is 23.2 Å². The number of anilines is 1. The van der Waals surface area contributed by atoms with Crippen molar-refractivity contribution in [3.8, 4) is 11.3 Å². The van der Waals surface area contributed by atoms with Crippen molar-refractivity contribution in [1.29, 1.82) is 0 Å². The summed E-state index contributed by atoms with van der Waals surface area (Å²) in [7, 11) is 2.17. The van der Waals surface area contributed by atoms with Gasteiger partial charge in [0.25, 0.3) is 0 Å². The van der Waals surface area contributed by atoms with Gasteiger partial charge in [-0.25, -0.2) is 0 Å². The van der Waals surface area contributed by atoms with Gasteiger partial charge in [0.2, 0.25) is 0 Å². The number of nitrogens with zero attached hydrogens (tertiary/aromatic N) is 4. The Hall–Kier alpha value is -1.92. The number of hydrogen-bond acceptors (Lipinski definition) is 5. The zero-order valence-electron chi connectivity index (χ0n) is 15.5. The maximum atomic E-state index is 6.23. The number of ether oxygens (including phenoxy) is 1. The molecule has 5 rings (SSSR count). The van der Waals surface area contributed by atoms with Gasteiger partial charge in [-0.2, -0.15) is 0 Å². The monoisotopic (exact) mass is 414 g/mol. The van der Waals surface area contributed by atoms with E-state index in [1.54, 1.807) is 6.07 Å². The molecule has 2 atom stereocenters. The van der Waals surface area contributed by atoms with Gasteiger partial charge < -0.3 is 9.64 Å². The second-order valence-corrected chi connectivity index (χ2v) is 8.22. The fourth-order valence-corrected chi connectivity index (χ4v) is 4.51. The topological polar surface area (TPSA) is 41.5 Å². The fraction of sp³-hybridized carbons (Fsp3) is 0.333. The molecule has 0 aliphatic carbocycles. The molecule has 144 valence electrons. The number of halogens is 2. The van der Waals surface area contributed by atoms with Crippen LogP contribution in [-0.4, -0.2) is 60.5 Å². The molecule has 5 nitrogen and oxygen atoms in total. The summed E-state index contributed by atoms with van der Waals surface area (Å²) in [6.07, 6.45) is 0.217. The van der Waals surface area contributed by atoms with E-state index in [9.17, 15) is 0 Å². The summed E-state index contributed by atoms with van der Waals surface area (Å²) in [6, 6.07) is 14.2. The van der Waals surface area contributed by atoms with Gasteiger partial charge in [0.1, 0.15) is 5.69 Å². The molecule has 3 heterocycles. The quantitative estimate of drug-likeness (QED) is 0.630.